The van der Waals surface area contributed by atoms with Crippen LogP contribution in [0.3, 0.4) is 0 Å². The summed E-state index contributed by atoms with van der Waals surface area (Å²) in [4.78, 5) is 12.7. The molecule has 8 heteroatoms. The maximum atomic E-state index is 14.3. The molecule has 0 aliphatic heterocycles. The van der Waals surface area contributed by atoms with E-state index in [-0.39, 0.29) is 29.4 Å². The average molecular weight is 401 g/mol. The lowest BCUT2D eigenvalue weighted by atomic mass is 10.1. The smallest absolute Gasteiger partial charge is 0.272 e. The zero-order chi connectivity index (χ0) is 20.3. The number of fused-ring (bicyclic) bond motifs is 3. The number of nitrogens with one attached hydrogen (secondary N) is 1. The number of rotatable bonds is 4. The maximum absolute atomic E-state index is 14.3. The van der Waals surface area contributed by atoms with Gasteiger partial charge in [-0.3, -0.25) is 4.79 Å². The van der Waals surface area contributed by atoms with Gasteiger partial charge < -0.3 is 5.32 Å². The van der Waals surface area contributed by atoms with Crippen LogP contribution in [0.15, 0.2) is 36.4 Å². The molecule has 0 radical (unpaired) electrons. The van der Waals surface area contributed by atoms with E-state index in [9.17, 15) is 22.4 Å². The third-order valence-electron chi connectivity index (χ3n) is 5.56. The van der Waals surface area contributed by atoms with E-state index in [4.69, 9.17) is 0 Å². The minimum Gasteiger partial charge on any atom is -0.346 e. The third kappa shape index (κ3) is 2.99. The van der Waals surface area contributed by atoms with E-state index < -0.39 is 29.2 Å². The summed E-state index contributed by atoms with van der Waals surface area (Å²) in [6.45, 7) is -0.207. The van der Waals surface area contributed by atoms with Crippen molar-refractivity contribution in [1.29, 1.82) is 0 Å². The van der Waals surface area contributed by atoms with E-state index in [1.165, 1.54) is 10.7 Å². The number of nitrogens with zero attached hydrogens (tertiary/aromatic N) is 2. The molecule has 1 saturated carbocycles. The highest BCUT2D eigenvalue weighted by Gasteiger charge is 2.50. The molecule has 1 amide bonds. The molecule has 2 atom stereocenters. The first-order chi connectivity index (χ1) is 13.9. The van der Waals surface area contributed by atoms with Crippen LogP contribution in [0.4, 0.5) is 17.6 Å². The molecule has 4 nitrogen and oxygen atoms in total. The molecule has 0 spiro atoms. The minimum absolute atomic E-state index is 0.0156. The average Bonchev–Trinajstić information content (AvgIpc) is 3.18. The van der Waals surface area contributed by atoms with Crippen molar-refractivity contribution in [2.75, 3.05) is 0 Å². The van der Waals surface area contributed by atoms with Crippen LogP contribution in [0.5, 0.6) is 0 Å². The van der Waals surface area contributed by atoms with Crippen LogP contribution < -0.4 is 5.32 Å². The first-order valence-electron chi connectivity index (χ1n) is 9.21. The van der Waals surface area contributed by atoms with Crippen molar-refractivity contribution in [2.24, 2.45) is 5.92 Å². The summed E-state index contributed by atoms with van der Waals surface area (Å²) in [5, 5.41) is 6.85. The lowest BCUT2D eigenvalue weighted by Gasteiger charge is -2.07. The second-order valence-corrected chi connectivity index (χ2v) is 7.44. The summed E-state index contributed by atoms with van der Waals surface area (Å²) >= 11 is 0. The molecule has 0 unspecified atom stereocenters. The van der Waals surface area contributed by atoms with E-state index in [1.807, 2.05) is 0 Å². The second kappa shape index (κ2) is 6.43. The minimum atomic E-state index is -0.770. The number of hydrogen-bond acceptors (Lipinski definition) is 2. The van der Waals surface area contributed by atoms with Crippen molar-refractivity contribution >= 4 is 5.91 Å². The van der Waals surface area contributed by atoms with Crippen molar-refractivity contribution < 1.29 is 22.4 Å². The van der Waals surface area contributed by atoms with E-state index in [0.29, 0.717) is 12.3 Å². The summed E-state index contributed by atoms with van der Waals surface area (Å²) in [6, 6.07) is 6.21. The molecule has 2 aliphatic rings. The molecule has 2 aromatic carbocycles. The van der Waals surface area contributed by atoms with E-state index in [0.717, 1.165) is 48.0 Å². The van der Waals surface area contributed by atoms with Crippen LogP contribution in [0, 0.1) is 29.2 Å². The molecule has 148 valence electrons. The Hall–Kier alpha value is -3.16. The highest BCUT2D eigenvalue weighted by molar-refractivity contribution is 5.94. The predicted octanol–water partition coefficient (Wildman–Crippen LogP) is 4.02. The molecule has 29 heavy (non-hydrogen) atoms. The van der Waals surface area contributed by atoms with Crippen LogP contribution in [0.25, 0.3) is 5.69 Å². The number of amides is 1. The molecule has 0 bridgehead atoms. The van der Waals surface area contributed by atoms with Crippen molar-refractivity contribution in [3.63, 3.8) is 0 Å². The fourth-order valence-electron chi connectivity index (χ4n) is 4.07. The highest BCUT2D eigenvalue weighted by atomic mass is 19.1. The largest absolute Gasteiger partial charge is 0.346 e. The SMILES string of the molecule is O=C(NCc1cc(F)ccc1F)c1nn(-c2ccc(F)cc2F)c2c1C[C@H]1C[C@@H]21. The van der Waals surface area contributed by atoms with Gasteiger partial charge in [0.25, 0.3) is 5.91 Å². The highest BCUT2D eigenvalue weighted by Crippen LogP contribution is 2.57. The Morgan fingerprint density at radius 2 is 1.83 bits per heavy atom. The van der Waals surface area contributed by atoms with E-state index in [2.05, 4.69) is 10.4 Å². The van der Waals surface area contributed by atoms with Crippen molar-refractivity contribution in [3.8, 4) is 5.69 Å². The van der Waals surface area contributed by atoms with E-state index in [1.54, 1.807) is 0 Å². The van der Waals surface area contributed by atoms with Crippen LogP contribution in [-0.2, 0) is 13.0 Å². The zero-order valence-electron chi connectivity index (χ0n) is 15.1. The van der Waals surface area contributed by atoms with Crippen molar-refractivity contribution in [2.45, 2.75) is 25.3 Å². The zero-order valence-corrected chi connectivity index (χ0v) is 15.1. The van der Waals surface area contributed by atoms with Gasteiger partial charge in [-0.15, -0.1) is 0 Å². The Kier molecular flexibility index (Phi) is 3.97. The van der Waals surface area contributed by atoms with Gasteiger partial charge in [-0.1, -0.05) is 0 Å². The molecular formula is C21H15F4N3O. The Balaban J connectivity index is 1.47. The first kappa shape index (κ1) is 17.9. The van der Waals surface area contributed by atoms with Gasteiger partial charge in [-0.05, 0) is 49.1 Å². The first-order valence-corrected chi connectivity index (χ1v) is 9.21. The van der Waals surface area contributed by atoms with Crippen molar-refractivity contribution in [3.05, 3.63) is 82.2 Å². The van der Waals surface area contributed by atoms with Crippen LogP contribution in [0.2, 0.25) is 0 Å². The third-order valence-corrected chi connectivity index (χ3v) is 5.56. The van der Waals surface area contributed by atoms with E-state index >= 15 is 0 Å². The molecule has 2 aliphatic carbocycles. The predicted molar refractivity (Wildman–Crippen MR) is 95.6 cm³/mol. The van der Waals surface area contributed by atoms with Gasteiger partial charge in [0.2, 0.25) is 0 Å². The maximum Gasteiger partial charge on any atom is 0.272 e. The monoisotopic (exact) mass is 401 g/mol. The topological polar surface area (TPSA) is 46.9 Å². The Morgan fingerprint density at radius 3 is 2.62 bits per heavy atom. The summed E-state index contributed by atoms with van der Waals surface area (Å²) < 4.78 is 56.1. The van der Waals surface area contributed by atoms with Crippen LogP contribution in [-0.4, -0.2) is 15.7 Å². The number of benzene rings is 2. The summed E-state index contributed by atoms with van der Waals surface area (Å²) in [6.07, 6.45) is 1.59. The van der Waals surface area contributed by atoms with Crippen LogP contribution in [0.1, 0.15) is 39.6 Å². The fraction of sp³-hybridized carbons (Fsp3) is 0.238. The molecule has 1 heterocycles. The van der Waals surface area contributed by atoms with Gasteiger partial charge in [0, 0.05) is 29.7 Å². The molecule has 1 aromatic heterocycles. The molecule has 0 saturated heterocycles. The summed E-state index contributed by atoms with van der Waals surface area (Å²) in [5.41, 5.74) is 1.72. The lowest BCUT2D eigenvalue weighted by Crippen LogP contribution is -2.25. The number of hydrogen-bond donors (Lipinski definition) is 1. The standard InChI is InChI=1S/C21H15F4N3O/c22-12-1-3-16(24)11(5-12)9-26-21(29)19-15-7-10-6-14(10)20(15)28(27-19)18-4-2-13(23)8-17(18)25/h1-5,8,10,14H,6-7,9H2,(H,26,29)/t10-,14-/m1/s1. The normalized spacial score (nSPS) is 19.0. The number of carbonyl (C=O) groups is 1. The number of aromatic nitrogens is 2. The van der Waals surface area contributed by atoms with Crippen molar-refractivity contribution in [1.82, 2.24) is 15.1 Å². The lowest BCUT2D eigenvalue weighted by molar-refractivity contribution is 0.0944. The van der Waals surface area contributed by atoms with Gasteiger partial charge >= 0.3 is 0 Å². The number of halogens is 4. The summed E-state index contributed by atoms with van der Waals surface area (Å²) in [7, 11) is 0. The molecule has 5 rings (SSSR count). The van der Waals surface area contributed by atoms with Gasteiger partial charge in [0.1, 0.15) is 23.1 Å². The Bertz CT molecular complexity index is 1160. The molecule has 1 N–H and O–H groups in total. The molecular weight excluding hydrogens is 386 g/mol. The van der Waals surface area contributed by atoms with Gasteiger partial charge in [0.15, 0.2) is 11.5 Å². The second-order valence-electron chi connectivity index (χ2n) is 7.44. The molecule has 3 aromatic rings. The van der Waals surface area contributed by atoms with Gasteiger partial charge in [0.05, 0.1) is 5.69 Å². The Labute approximate surface area is 163 Å². The fourth-order valence-corrected chi connectivity index (χ4v) is 4.07. The number of carbonyl (C=O) groups excluding carboxylic acids is 1. The van der Waals surface area contributed by atoms with Gasteiger partial charge in [-0.25, -0.2) is 22.2 Å². The quantitative estimate of drug-likeness (QED) is 0.672. The molecule has 1 fully saturated rings. The van der Waals surface area contributed by atoms with Gasteiger partial charge in [-0.2, -0.15) is 5.10 Å². The van der Waals surface area contributed by atoms with Crippen LogP contribution >= 0.6 is 0 Å². The summed E-state index contributed by atoms with van der Waals surface area (Å²) in [5.74, 6) is -2.66. The Morgan fingerprint density at radius 1 is 1.07 bits per heavy atom.